The summed E-state index contributed by atoms with van der Waals surface area (Å²) in [6.07, 6.45) is 0. The molecule has 84 valence electrons. The van der Waals surface area contributed by atoms with Crippen LogP contribution in [0.4, 0.5) is 0 Å². The largest absolute Gasteiger partial charge is 0.395 e. The van der Waals surface area contributed by atoms with Crippen LogP contribution in [0.15, 0.2) is 23.1 Å². The second-order valence-electron chi connectivity index (χ2n) is 3.74. The second kappa shape index (κ2) is 6.16. The number of aliphatic hydroxyl groups excluding tert-OH is 1. The molecule has 0 heterocycles. The van der Waals surface area contributed by atoms with Gasteiger partial charge in [0.1, 0.15) is 0 Å². The summed E-state index contributed by atoms with van der Waals surface area (Å²) in [4.78, 5) is 1.26. The molecule has 0 aromatic heterocycles. The Bertz CT molecular complexity index is 314. The minimum Gasteiger partial charge on any atom is -0.395 e. The van der Waals surface area contributed by atoms with Gasteiger partial charge >= 0.3 is 0 Å². The Kier molecular flexibility index (Phi) is 5.15. The van der Waals surface area contributed by atoms with E-state index in [0.717, 1.165) is 6.54 Å². The normalized spacial score (nSPS) is 12.8. The monoisotopic (exact) mass is 225 g/mol. The van der Waals surface area contributed by atoms with E-state index >= 15 is 0 Å². The van der Waals surface area contributed by atoms with Crippen LogP contribution in [0.5, 0.6) is 0 Å². The molecule has 3 heteroatoms. The van der Waals surface area contributed by atoms with E-state index in [1.54, 1.807) is 11.8 Å². The first kappa shape index (κ1) is 12.6. The summed E-state index contributed by atoms with van der Waals surface area (Å²) in [6.45, 7) is 5.28. The molecular weight excluding hydrogens is 206 g/mol. The summed E-state index contributed by atoms with van der Waals surface area (Å²) in [5.41, 5.74) is 2.59. The van der Waals surface area contributed by atoms with Crippen LogP contribution in [0.3, 0.4) is 0 Å². The molecule has 0 saturated carbocycles. The number of aryl methyl sites for hydroxylation is 1. The molecule has 0 aliphatic rings. The molecule has 1 rings (SSSR count). The number of hydrogen-bond acceptors (Lipinski definition) is 3. The molecule has 1 unspecified atom stereocenters. The lowest BCUT2D eigenvalue weighted by atomic mass is 10.1. The fourth-order valence-corrected chi connectivity index (χ4v) is 2.31. The highest BCUT2D eigenvalue weighted by molar-refractivity contribution is 8.00. The molecule has 2 N–H and O–H groups in total. The molecule has 0 spiro atoms. The Labute approximate surface area is 96.1 Å². The quantitative estimate of drug-likeness (QED) is 0.753. The van der Waals surface area contributed by atoms with Crippen molar-refractivity contribution >= 4 is 11.8 Å². The van der Waals surface area contributed by atoms with Crippen molar-refractivity contribution in [2.24, 2.45) is 0 Å². The maximum Gasteiger partial charge on any atom is 0.0550 e. The molecule has 0 radical (unpaired) electrons. The van der Waals surface area contributed by atoms with Crippen molar-refractivity contribution in [2.75, 3.05) is 13.7 Å². The highest BCUT2D eigenvalue weighted by Crippen LogP contribution is 2.26. The third-order valence-electron chi connectivity index (χ3n) is 2.21. The Balaban J connectivity index is 2.74. The molecule has 1 aromatic carbocycles. The molecule has 0 aliphatic heterocycles. The van der Waals surface area contributed by atoms with Crippen LogP contribution in [-0.2, 0) is 6.54 Å². The average Bonchev–Trinajstić information content (AvgIpc) is 2.22. The molecule has 0 bridgehead atoms. The van der Waals surface area contributed by atoms with E-state index in [1.165, 1.54) is 16.0 Å². The Morgan fingerprint density at radius 3 is 2.73 bits per heavy atom. The van der Waals surface area contributed by atoms with Gasteiger partial charge in [-0.15, -0.1) is 11.8 Å². The highest BCUT2D eigenvalue weighted by atomic mass is 32.2. The van der Waals surface area contributed by atoms with E-state index in [2.05, 4.69) is 30.4 Å². The topological polar surface area (TPSA) is 32.3 Å². The number of benzene rings is 1. The number of thioether (sulfide) groups is 1. The molecule has 15 heavy (non-hydrogen) atoms. The van der Waals surface area contributed by atoms with Gasteiger partial charge in [-0.1, -0.05) is 19.1 Å². The van der Waals surface area contributed by atoms with E-state index < -0.39 is 0 Å². The summed E-state index contributed by atoms with van der Waals surface area (Å²) in [5.74, 6) is 0. The first-order valence-electron chi connectivity index (χ1n) is 5.19. The van der Waals surface area contributed by atoms with Crippen LogP contribution in [0.2, 0.25) is 0 Å². The Morgan fingerprint density at radius 2 is 2.20 bits per heavy atom. The Morgan fingerprint density at radius 1 is 1.47 bits per heavy atom. The van der Waals surface area contributed by atoms with Crippen LogP contribution < -0.4 is 5.32 Å². The van der Waals surface area contributed by atoms with E-state index in [4.69, 9.17) is 5.11 Å². The minimum absolute atomic E-state index is 0.225. The smallest absolute Gasteiger partial charge is 0.0550 e. The number of rotatable bonds is 5. The average molecular weight is 225 g/mol. The molecule has 1 aromatic rings. The summed E-state index contributed by atoms with van der Waals surface area (Å²) in [6, 6.07) is 6.47. The zero-order valence-electron chi connectivity index (χ0n) is 9.58. The van der Waals surface area contributed by atoms with Crippen LogP contribution in [0.1, 0.15) is 18.1 Å². The minimum atomic E-state index is 0.225. The van der Waals surface area contributed by atoms with Crippen molar-refractivity contribution in [3.8, 4) is 0 Å². The number of nitrogens with one attached hydrogen (secondary N) is 1. The van der Waals surface area contributed by atoms with Crippen molar-refractivity contribution < 1.29 is 5.11 Å². The van der Waals surface area contributed by atoms with Crippen molar-refractivity contribution in [1.82, 2.24) is 5.32 Å². The van der Waals surface area contributed by atoms with Gasteiger partial charge in [0.05, 0.1) is 6.61 Å². The first-order chi connectivity index (χ1) is 7.17. The van der Waals surface area contributed by atoms with Gasteiger partial charge in [0.25, 0.3) is 0 Å². The van der Waals surface area contributed by atoms with Crippen LogP contribution in [0.25, 0.3) is 0 Å². The highest BCUT2D eigenvalue weighted by Gasteiger charge is 2.05. The maximum atomic E-state index is 8.99. The van der Waals surface area contributed by atoms with Crippen molar-refractivity contribution in [2.45, 2.75) is 30.5 Å². The van der Waals surface area contributed by atoms with Gasteiger partial charge in [-0.25, -0.2) is 0 Å². The summed E-state index contributed by atoms with van der Waals surface area (Å²) in [7, 11) is 1.95. The van der Waals surface area contributed by atoms with Gasteiger partial charge in [-0.2, -0.15) is 0 Å². The molecule has 0 aliphatic carbocycles. The molecular formula is C12H19NOS. The number of hydrogen-bond donors (Lipinski definition) is 2. The fraction of sp³-hybridized carbons (Fsp3) is 0.500. The zero-order chi connectivity index (χ0) is 11.3. The summed E-state index contributed by atoms with van der Waals surface area (Å²) < 4.78 is 0. The Hall–Kier alpha value is -0.510. The van der Waals surface area contributed by atoms with E-state index in [9.17, 15) is 0 Å². The fourth-order valence-electron chi connectivity index (χ4n) is 1.41. The third kappa shape index (κ3) is 3.86. The van der Waals surface area contributed by atoms with Crippen molar-refractivity contribution in [3.63, 3.8) is 0 Å². The SMILES string of the molecule is CNCc1ccc(SC(C)CO)c(C)c1. The van der Waals surface area contributed by atoms with Crippen LogP contribution >= 0.6 is 11.8 Å². The molecule has 0 saturated heterocycles. The third-order valence-corrected chi connectivity index (χ3v) is 3.47. The zero-order valence-corrected chi connectivity index (χ0v) is 10.4. The van der Waals surface area contributed by atoms with Gasteiger partial charge < -0.3 is 10.4 Å². The van der Waals surface area contributed by atoms with Gasteiger partial charge in [0.15, 0.2) is 0 Å². The van der Waals surface area contributed by atoms with Crippen molar-refractivity contribution in [3.05, 3.63) is 29.3 Å². The lowest BCUT2D eigenvalue weighted by molar-refractivity contribution is 0.300. The predicted octanol–water partition coefficient (Wildman–Crippen LogP) is 2.19. The van der Waals surface area contributed by atoms with E-state index in [-0.39, 0.29) is 11.9 Å². The number of aliphatic hydroxyl groups is 1. The lowest BCUT2D eigenvalue weighted by Crippen LogP contribution is -2.06. The summed E-state index contributed by atoms with van der Waals surface area (Å²) >= 11 is 1.73. The molecule has 0 fully saturated rings. The summed E-state index contributed by atoms with van der Waals surface area (Å²) in [5, 5.41) is 12.4. The van der Waals surface area contributed by atoms with E-state index in [1.807, 2.05) is 14.0 Å². The van der Waals surface area contributed by atoms with Gasteiger partial charge in [0.2, 0.25) is 0 Å². The van der Waals surface area contributed by atoms with Gasteiger partial charge in [0, 0.05) is 16.7 Å². The van der Waals surface area contributed by atoms with Gasteiger partial charge in [-0.3, -0.25) is 0 Å². The lowest BCUT2D eigenvalue weighted by Gasteiger charge is -2.11. The standard InChI is InChI=1S/C12H19NOS/c1-9-6-11(7-13-3)4-5-12(9)15-10(2)8-14/h4-6,10,13-14H,7-8H2,1-3H3. The van der Waals surface area contributed by atoms with Crippen molar-refractivity contribution in [1.29, 1.82) is 0 Å². The van der Waals surface area contributed by atoms with Crippen LogP contribution in [0, 0.1) is 6.92 Å². The van der Waals surface area contributed by atoms with Crippen LogP contribution in [-0.4, -0.2) is 24.0 Å². The molecule has 1 atom stereocenters. The first-order valence-corrected chi connectivity index (χ1v) is 6.07. The predicted molar refractivity (Wildman–Crippen MR) is 66.3 cm³/mol. The molecule has 2 nitrogen and oxygen atoms in total. The van der Waals surface area contributed by atoms with E-state index in [0.29, 0.717) is 0 Å². The van der Waals surface area contributed by atoms with Gasteiger partial charge in [-0.05, 0) is 31.2 Å². The molecule has 0 amide bonds. The maximum absolute atomic E-state index is 8.99. The second-order valence-corrected chi connectivity index (χ2v) is 5.22.